The summed E-state index contributed by atoms with van der Waals surface area (Å²) in [6.45, 7) is 1.95. The van der Waals surface area contributed by atoms with Gasteiger partial charge in [-0.2, -0.15) is 0 Å². The molecule has 1 aliphatic rings. The Hall–Kier alpha value is -3.15. The number of rotatable bonds is 4. The Balaban J connectivity index is 1.70. The van der Waals surface area contributed by atoms with Crippen molar-refractivity contribution in [1.82, 2.24) is 10.7 Å². The molecule has 1 fully saturated rings. The summed E-state index contributed by atoms with van der Waals surface area (Å²) in [5.41, 5.74) is 5.95. The number of hydrogen-bond acceptors (Lipinski definition) is 2. The van der Waals surface area contributed by atoms with E-state index >= 15 is 0 Å². The average molecular weight is 453 g/mol. The van der Waals surface area contributed by atoms with Crippen LogP contribution in [0.2, 0.25) is 10.0 Å². The van der Waals surface area contributed by atoms with E-state index in [0.29, 0.717) is 21.2 Å². The van der Waals surface area contributed by atoms with Crippen molar-refractivity contribution in [1.29, 1.82) is 0 Å². The molecule has 0 saturated carbocycles. The Morgan fingerprint density at radius 3 is 2.42 bits per heavy atom. The molecule has 2 N–H and O–H groups in total. The summed E-state index contributed by atoms with van der Waals surface area (Å²) in [5, 5.41) is 3.87. The summed E-state index contributed by atoms with van der Waals surface area (Å²) in [4.78, 5) is 25.7. The maximum absolute atomic E-state index is 12.9. The van der Waals surface area contributed by atoms with Crippen LogP contribution in [0, 0.1) is 6.92 Å². The van der Waals surface area contributed by atoms with Gasteiger partial charge in [0.05, 0.1) is 10.6 Å². The smallest absolute Gasteiger partial charge is 0.304 e. The maximum Gasteiger partial charge on any atom is 0.304 e. The molecule has 5 nitrogen and oxygen atoms in total. The van der Waals surface area contributed by atoms with E-state index in [2.05, 4.69) is 10.7 Å². The third kappa shape index (κ3) is 4.63. The molecule has 3 aromatic rings. The molecule has 0 radical (unpaired) electrons. The van der Waals surface area contributed by atoms with E-state index in [0.717, 1.165) is 11.1 Å². The van der Waals surface area contributed by atoms with Crippen LogP contribution >= 0.6 is 23.2 Å². The molecule has 0 aromatic heterocycles. The molecule has 3 aromatic carbocycles. The van der Waals surface area contributed by atoms with Crippen LogP contribution in [0.15, 0.2) is 72.8 Å². The predicted octanol–water partition coefficient (Wildman–Crippen LogP) is 4.32. The molecule has 2 atom stereocenters. The molecule has 7 heteroatoms. The van der Waals surface area contributed by atoms with Crippen LogP contribution in [-0.4, -0.2) is 28.8 Å². The molecule has 2 amide bonds. The average Bonchev–Trinajstić information content (AvgIpc) is 3.06. The van der Waals surface area contributed by atoms with Gasteiger partial charge in [0.25, 0.3) is 5.91 Å². The number of carbonyl (C=O) groups excluding carboxylic acids is 2. The van der Waals surface area contributed by atoms with Crippen molar-refractivity contribution in [3.63, 3.8) is 0 Å². The number of nitrogens with zero attached hydrogens (tertiary/aromatic N) is 1. The van der Waals surface area contributed by atoms with Crippen LogP contribution in [0.1, 0.15) is 33.1 Å². The van der Waals surface area contributed by atoms with Gasteiger partial charge >= 0.3 is 5.91 Å². The normalized spacial score (nSPS) is 19.3. The fraction of sp³-hybridized carbons (Fsp3) is 0.125. The van der Waals surface area contributed by atoms with Gasteiger partial charge in [-0.1, -0.05) is 71.2 Å². The van der Waals surface area contributed by atoms with E-state index in [-0.39, 0.29) is 11.8 Å². The van der Waals surface area contributed by atoms with Crippen LogP contribution in [-0.2, 0) is 4.79 Å². The highest BCUT2D eigenvalue weighted by molar-refractivity contribution is 6.36. The Kier molecular flexibility index (Phi) is 6.07. The SMILES string of the molecule is Cc1ccc(C(=O)N[C@H]2C(=O)N/[N+](=C\c3ccc(Cl)cc3Cl)[C@H]2c2ccccc2)cc1. The summed E-state index contributed by atoms with van der Waals surface area (Å²) in [6, 6.07) is 20.6. The molecular weight excluding hydrogens is 433 g/mol. The third-order valence-electron chi connectivity index (χ3n) is 5.12. The van der Waals surface area contributed by atoms with Crippen LogP contribution in [0.4, 0.5) is 0 Å². The number of hydrazine groups is 1. The van der Waals surface area contributed by atoms with Crippen molar-refractivity contribution >= 4 is 41.2 Å². The Labute approximate surface area is 190 Å². The van der Waals surface area contributed by atoms with Gasteiger partial charge in [-0.15, -0.1) is 10.1 Å². The molecule has 31 heavy (non-hydrogen) atoms. The van der Waals surface area contributed by atoms with Crippen LogP contribution < -0.4 is 10.7 Å². The van der Waals surface area contributed by atoms with E-state index in [1.165, 1.54) is 0 Å². The van der Waals surface area contributed by atoms with Gasteiger partial charge in [-0.05, 0) is 37.3 Å². The minimum atomic E-state index is -0.793. The second-order valence-corrected chi connectivity index (χ2v) is 8.19. The van der Waals surface area contributed by atoms with Gasteiger partial charge in [-0.3, -0.25) is 9.59 Å². The van der Waals surface area contributed by atoms with Gasteiger partial charge in [0, 0.05) is 16.1 Å². The topological polar surface area (TPSA) is 61.2 Å². The highest BCUT2D eigenvalue weighted by Gasteiger charge is 2.47. The van der Waals surface area contributed by atoms with Crippen LogP contribution in [0.25, 0.3) is 0 Å². The minimum Gasteiger partial charge on any atom is -0.334 e. The Morgan fingerprint density at radius 2 is 1.74 bits per heavy atom. The molecule has 0 bridgehead atoms. The Bertz CT molecular complexity index is 1160. The molecule has 1 saturated heterocycles. The van der Waals surface area contributed by atoms with Crippen molar-refractivity contribution in [3.8, 4) is 0 Å². The monoisotopic (exact) mass is 452 g/mol. The lowest BCUT2D eigenvalue weighted by atomic mass is 9.99. The van der Waals surface area contributed by atoms with Gasteiger partial charge in [0.2, 0.25) is 12.3 Å². The zero-order valence-corrected chi connectivity index (χ0v) is 18.2. The van der Waals surface area contributed by atoms with Gasteiger partial charge in [0.1, 0.15) is 0 Å². The summed E-state index contributed by atoms with van der Waals surface area (Å²) < 4.78 is 1.67. The lowest BCUT2D eigenvalue weighted by Crippen LogP contribution is -2.42. The van der Waals surface area contributed by atoms with Crippen molar-refractivity contribution in [2.75, 3.05) is 0 Å². The standard InChI is InChI=1S/C24H19Cl2N3O2/c1-15-7-9-17(10-8-15)23(30)27-21-22(16-5-3-2-4-6-16)29(28-24(21)31)14-18-11-12-19(25)13-20(18)26/h2-14,21-22H,1H3,(H-,27,28,30,31)/p+1/b29-14-/t21-,22+/m1/s1. The first-order valence-electron chi connectivity index (χ1n) is 9.73. The first-order valence-corrected chi connectivity index (χ1v) is 10.5. The lowest BCUT2D eigenvalue weighted by Gasteiger charge is -2.15. The summed E-state index contributed by atoms with van der Waals surface area (Å²) in [7, 11) is 0. The van der Waals surface area contributed by atoms with Crippen molar-refractivity contribution in [2.45, 2.75) is 19.0 Å². The van der Waals surface area contributed by atoms with E-state index < -0.39 is 12.1 Å². The number of amides is 2. The first-order chi connectivity index (χ1) is 14.9. The van der Waals surface area contributed by atoms with Gasteiger partial charge in [-0.25, -0.2) is 0 Å². The number of nitrogens with one attached hydrogen (secondary N) is 2. The fourth-order valence-corrected chi connectivity index (χ4v) is 3.97. The highest BCUT2D eigenvalue weighted by atomic mass is 35.5. The first kappa shape index (κ1) is 21.1. The van der Waals surface area contributed by atoms with E-state index in [4.69, 9.17) is 23.2 Å². The quantitative estimate of drug-likeness (QED) is 0.579. The second-order valence-electron chi connectivity index (χ2n) is 7.35. The molecule has 0 spiro atoms. The summed E-state index contributed by atoms with van der Waals surface area (Å²) >= 11 is 12.3. The minimum absolute atomic E-state index is 0.310. The Morgan fingerprint density at radius 1 is 1.03 bits per heavy atom. The molecular formula is C24H20Cl2N3O2+. The van der Waals surface area contributed by atoms with Gasteiger partial charge in [0.15, 0.2) is 6.04 Å². The number of halogens is 2. The third-order valence-corrected chi connectivity index (χ3v) is 5.68. The van der Waals surface area contributed by atoms with Gasteiger partial charge < -0.3 is 5.32 Å². The fourth-order valence-electron chi connectivity index (χ4n) is 3.52. The molecule has 156 valence electrons. The van der Waals surface area contributed by atoms with Crippen LogP contribution in [0.5, 0.6) is 0 Å². The molecule has 0 unspecified atom stereocenters. The van der Waals surface area contributed by atoms with Crippen molar-refractivity contribution in [3.05, 3.63) is 105 Å². The number of hydrazone groups is 1. The summed E-state index contributed by atoms with van der Waals surface area (Å²) in [5.74, 6) is -0.622. The highest BCUT2D eigenvalue weighted by Crippen LogP contribution is 2.26. The molecule has 1 aliphatic heterocycles. The van der Waals surface area contributed by atoms with E-state index in [9.17, 15) is 9.59 Å². The molecule has 4 rings (SSSR count). The van der Waals surface area contributed by atoms with Crippen LogP contribution in [0.3, 0.4) is 0 Å². The number of benzene rings is 3. The summed E-state index contributed by atoms with van der Waals surface area (Å²) in [6.07, 6.45) is 1.74. The largest absolute Gasteiger partial charge is 0.334 e. The number of hydrogen-bond donors (Lipinski definition) is 2. The molecule has 0 aliphatic carbocycles. The molecule has 1 heterocycles. The number of aryl methyl sites for hydroxylation is 1. The zero-order valence-electron chi connectivity index (χ0n) is 16.7. The van der Waals surface area contributed by atoms with Crippen molar-refractivity contribution < 1.29 is 14.3 Å². The maximum atomic E-state index is 12.9. The lowest BCUT2D eigenvalue weighted by molar-refractivity contribution is -0.596. The second kappa shape index (κ2) is 8.92. The van der Waals surface area contributed by atoms with E-state index in [1.807, 2.05) is 49.4 Å². The van der Waals surface area contributed by atoms with E-state index in [1.54, 1.807) is 41.2 Å². The number of carbonyl (C=O) groups is 2. The van der Waals surface area contributed by atoms with Crippen molar-refractivity contribution in [2.24, 2.45) is 0 Å². The predicted molar refractivity (Wildman–Crippen MR) is 122 cm³/mol. The zero-order chi connectivity index (χ0) is 22.0.